The Balaban J connectivity index is 1.85. The second-order valence-corrected chi connectivity index (χ2v) is 6.21. The zero-order valence-corrected chi connectivity index (χ0v) is 15.5. The summed E-state index contributed by atoms with van der Waals surface area (Å²) in [6.45, 7) is 0. The molecule has 0 aliphatic rings. The Hall–Kier alpha value is -3.43. The van der Waals surface area contributed by atoms with Gasteiger partial charge in [-0.05, 0) is 30.3 Å². The van der Waals surface area contributed by atoms with Crippen molar-refractivity contribution >= 4 is 52.1 Å². The van der Waals surface area contributed by atoms with E-state index in [9.17, 15) is 14.9 Å². The Morgan fingerprint density at radius 3 is 2.43 bits per heavy atom. The summed E-state index contributed by atoms with van der Waals surface area (Å²) < 4.78 is 0. The minimum absolute atomic E-state index is 0.110. The van der Waals surface area contributed by atoms with Crippen LogP contribution in [0.2, 0.25) is 10.0 Å². The molecule has 0 fully saturated rings. The summed E-state index contributed by atoms with van der Waals surface area (Å²) in [7, 11) is 0. The van der Waals surface area contributed by atoms with E-state index in [1.54, 1.807) is 42.5 Å². The molecule has 0 bridgehead atoms. The summed E-state index contributed by atoms with van der Waals surface area (Å²) >= 11 is 11.9. The van der Waals surface area contributed by atoms with Gasteiger partial charge in [-0.25, -0.2) is 9.97 Å². The number of nitrogens with one attached hydrogen (secondary N) is 3. The second-order valence-electron chi connectivity index (χ2n) is 5.37. The second kappa shape index (κ2) is 8.51. The van der Waals surface area contributed by atoms with Gasteiger partial charge in [0, 0.05) is 10.6 Å². The number of anilines is 3. The summed E-state index contributed by atoms with van der Waals surface area (Å²) in [5.41, 5.74) is 5.09. The van der Waals surface area contributed by atoms with Crippen LogP contribution in [-0.4, -0.2) is 20.8 Å². The van der Waals surface area contributed by atoms with E-state index < -0.39 is 16.5 Å². The molecule has 0 aliphatic carbocycles. The Morgan fingerprint density at radius 2 is 1.75 bits per heavy atom. The van der Waals surface area contributed by atoms with Crippen LogP contribution < -0.4 is 16.2 Å². The molecule has 0 radical (unpaired) electrons. The first-order chi connectivity index (χ1) is 13.5. The van der Waals surface area contributed by atoms with E-state index in [1.165, 1.54) is 6.07 Å². The summed E-state index contributed by atoms with van der Waals surface area (Å²) in [4.78, 5) is 30.7. The van der Waals surface area contributed by atoms with Crippen molar-refractivity contribution in [2.24, 2.45) is 0 Å². The first kappa shape index (κ1) is 19.3. The zero-order valence-electron chi connectivity index (χ0n) is 14.0. The SMILES string of the molecule is O=C(NNc1ncnc(Nc2ccc(Cl)cc2Cl)c1[N+](=O)[O-])c1ccccc1. The molecule has 0 saturated heterocycles. The molecule has 1 aromatic heterocycles. The molecule has 2 aromatic carbocycles. The van der Waals surface area contributed by atoms with Crippen LogP contribution >= 0.6 is 23.2 Å². The average Bonchev–Trinajstić information content (AvgIpc) is 2.68. The maximum absolute atomic E-state index is 12.1. The monoisotopic (exact) mass is 418 g/mol. The minimum Gasteiger partial charge on any atom is -0.333 e. The number of rotatable bonds is 6. The first-order valence-corrected chi connectivity index (χ1v) is 8.54. The van der Waals surface area contributed by atoms with Gasteiger partial charge in [0.15, 0.2) is 0 Å². The maximum atomic E-state index is 12.1. The standard InChI is InChI=1S/C17H12Cl2N6O3/c18-11-6-7-13(12(19)8-11)22-15-14(25(27)28)16(21-9-20-15)23-24-17(26)10-4-2-1-3-5-10/h1-9H,(H,24,26)(H2,20,21,22,23). The van der Waals surface area contributed by atoms with Gasteiger partial charge in [-0.15, -0.1) is 0 Å². The van der Waals surface area contributed by atoms with Crippen molar-refractivity contribution in [3.63, 3.8) is 0 Å². The largest absolute Gasteiger partial charge is 0.355 e. The number of carbonyl (C=O) groups excluding carboxylic acids is 1. The molecular weight excluding hydrogens is 407 g/mol. The number of hydrogen-bond acceptors (Lipinski definition) is 7. The van der Waals surface area contributed by atoms with Crippen LogP contribution in [0.15, 0.2) is 54.9 Å². The highest BCUT2D eigenvalue weighted by molar-refractivity contribution is 6.36. The van der Waals surface area contributed by atoms with Crippen LogP contribution in [0.3, 0.4) is 0 Å². The van der Waals surface area contributed by atoms with Crippen molar-refractivity contribution in [3.05, 3.63) is 80.6 Å². The van der Waals surface area contributed by atoms with E-state index in [1.807, 2.05) is 0 Å². The fourth-order valence-corrected chi connectivity index (χ4v) is 2.69. The van der Waals surface area contributed by atoms with Crippen molar-refractivity contribution < 1.29 is 9.72 Å². The highest BCUT2D eigenvalue weighted by Crippen LogP contribution is 2.34. The molecule has 3 N–H and O–H groups in total. The van der Waals surface area contributed by atoms with E-state index in [-0.39, 0.29) is 16.7 Å². The molecule has 3 rings (SSSR count). The van der Waals surface area contributed by atoms with E-state index in [0.29, 0.717) is 16.3 Å². The Morgan fingerprint density at radius 1 is 1.04 bits per heavy atom. The van der Waals surface area contributed by atoms with Crippen molar-refractivity contribution in [1.29, 1.82) is 0 Å². The Bertz CT molecular complexity index is 1030. The van der Waals surface area contributed by atoms with Crippen LogP contribution in [-0.2, 0) is 0 Å². The highest BCUT2D eigenvalue weighted by Gasteiger charge is 2.24. The number of halogens is 2. The van der Waals surface area contributed by atoms with E-state index in [4.69, 9.17) is 23.2 Å². The van der Waals surface area contributed by atoms with Gasteiger partial charge in [-0.2, -0.15) is 0 Å². The molecule has 3 aromatic rings. The van der Waals surface area contributed by atoms with Crippen molar-refractivity contribution in [3.8, 4) is 0 Å². The average molecular weight is 419 g/mol. The molecule has 28 heavy (non-hydrogen) atoms. The zero-order chi connectivity index (χ0) is 20.1. The summed E-state index contributed by atoms with van der Waals surface area (Å²) in [5.74, 6) is -0.790. The number of hydrazine groups is 1. The Kier molecular flexibility index (Phi) is 5.87. The van der Waals surface area contributed by atoms with Crippen LogP contribution in [0.1, 0.15) is 10.4 Å². The highest BCUT2D eigenvalue weighted by atomic mass is 35.5. The van der Waals surface area contributed by atoms with E-state index in [2.05, 4.69) is 26.1 Å². The normalized spacial score (nSPS) is 10.2. The van der Waals surface area contributed by atoms with Crippen LogP contribution in [0.25, 0.3) is 0 Å². The third-order valence-corrected chi connectivity index (χ3v) is 4.07. The number of carbonyl (C=O) groups is 1. The molecule has 0 atom stereocenters. The lowest BCUT2D eigenvalue weighted by molar-refractivity contribution is -0.383. The number of amides is 1. The van der Waals surface area contributed by atoms with Gasteiger partial charge < -0.3 is 5.32 Å². The predicted molar refractivity (Wildman–Crippen MR) is 106 cm³/mol. The molecule has 0 saturated carbocycles. The molecule has 1 heterocycles. The third-order valence-electron chi connectivity index (χ3n) is 3.52. The fourth-order valence-electron chi connectivity index (χ4n) is 2.23. The lowest BCUT2D eigenvalue weighted by atomic mass is 10.2. The van der Waals surface area contributed by atoms with Crippen LogP contribution in [0.5, 0.6) is 0 Å². The maximum Gasteiger partial charge on any atom is 0.355 e. The van der Waals surface area contributed by atoms with Gasteiger partial charge in [0.05, 0.1) is 15.6 Å². The van der Waals surface area contributed by atoms with Gasteiger partial charge in [-0.1, -0.05) is 41.4 Å². The van der Waals surface area contributed by atoms with Crippen molar-refractivity contribution in [2.75, 3.05) is 10.7 Å². The van der Waals surface area contributed by atoms with Crippen LogP contribution in [0, 0.1) is 10.1 Å². The van der Waals surface area contributed by atoms with Gasteiger partial charge >= 0.3 is 5.69 Å². The predicted octanol–water partition coefficient (Wildman–Crippen LogP) is 4.19. The number of hydrogen-bond donors (Lipinski definition) is 3. The minimum atomic E-state index is -0.677. The topological polar surface area (TPSA) is 122 Å². The molecular formula is C17H12Cl2N6O3. The van der Waals surface area contributed by atoms with E-state index in [0.717, 1.165) is 6.33 Å². The quantitative estimate of drug-likeness (QED) is 0.405. The summed E-state index contributed by atoms with van der Waals surface area (Å²) in [5, 5.41) is 15.0. The molecule has 142 valence electrons. The van der Waals surface area contributed by atoms with Crippen molar-refractivity contribution in [1.82, 2.24) is 15.4 Å². The number of nitrogens with zero attached hydrogens (tertiary/aromatic N) is 3. The third kappa shape index (κ3) is 4.45. The smallest absolute Gasteiger partial charge is 0.333 e. The van der Waals surface area contributed by atoms with Gasteiger partial charge in [0.2, 0.25) is 11.6 Å². The molecule has 0 spiro atoms. The summed E-state index contributed by atoms with van der Waals surface area (Å²) in [6.07, 6.45) is 1.11. The number of nitro groups is 1. The first-order valence-electron chi connectivity index (χ1n) is 7.78. The van der Waals surface area contributed by atoms with Gasteiger partial charge in [-0.3, -0.25) is 25.8 Å². The lowest BCUT2D eigenvalue weighted by Crippen LogP contribution is -2.30. The molecule has 9 nitrogen and oxygen atoms in total. The van der Waals surface area contributed by atoms with Gasteiger partial charge in [0.1, 0.15) is 6.33 Å². The fraction of sp³-hybridized carbons (Fsp3) is 0. The lowest BCUT2D eigenvalue weighted by Gasteiger charge is -2.11. The Labute approximate surface area is 168 Å². The molecule has 0 unspecified atom stereocenters. The molecule has 0 aliphatic heterocycles. The van der Waals surface area contributed by atoms with Crippen molar-refractivity contribution in [2.45, 2.75) is 0 Å². The number of aromatic nitrogens is 2. The summed E-state index contributed by atoms with van der Waals surface area (Å²) in [6, 6.07) is 13.0. The van der Waals surface area contributed by atoms with Crippen LogP contribution in [0.4, 0.5) is 23.0 Å². The number of benzene rings is 2. The van der Waals surface area contributed by atoms with Gasteiger partial charge in [0.25, 0.3) is 5.91 Å². The molecule has 1 amide bonds. The molecule has 11 heteroatoms. The van der Waals surface area contributed by atoms with E-state index >= 15 is 0 Å².